The van der Waals surface area contributed by atoms with Crippen molar-refractivity contribution < 1.29 is 17.3 Å². The quantitative estimate of drug-likeness (QED) is 0.722. The van der Waals surface area contributed by atoms with E-state index in [0.29, 0.717) is 6.42 Å². The molecule has 0 aromatic rings. The van der Waals surface area contributed by atoms with Gasteiger partial charge in [0.1, 0.15) is 17.0 Å². The molecule has 0 saturated carbocycles. The maximum absolute atomic E-state index is 12.4. The van der Waals surface area contributed by atoms with Gasteiger partial charge in [-0.3, -0.25) is 4.18 Å². The van der Waals surface area contributed by atoms with E-state index in [-0.39, 0.29) is 29.5 Å². The SMILES string of the molecule is CC(C)C1(C(C)C)C2CC3OS(=O)(=O)C1C3(C)O2. The van der Waals surface area contributed by atoms with Gasteiger partial charge in [-0.2, -0.15) is 8.42 Å². The standard InChI is InChI=1S/C13H22O4S/c1-7(2)13(8(3)4)10-6-9-12(5,16-10)11(13)18(14,15)17-9/h7-11H,6H2,1-5H3. The molecule has 0 aromatic heterocycles. The Balaban J connectivity index is 2.25. The third kappa shape index (κ3) is 1.12. The summed E-state index contributed by atoms with van der Waals surface area (Å²) in [5.41, 5.74) is -0.960. The van der Waals surface area contributed by atoms with Crippen molar-refractivity contribution in [1.82, 2.24) is 0 Å². The van der Waals surface area contributed by atoms with Gasteiger partial charge < -0.3 is 4.74 Å². The predicted molar refractivity (Wildman–Crippen MR) is 67.6 cm³/mol. The van der Waals surface area contributed by atoms with Crippen molar-refractivity contribution in [2.45, 2.75) is 64.1 Å². The van der Waals surface area contributed by atoms with Crippen LogP contribution in [0.15, 0.2) is 0 Å². The summed E-state index contributed by atoms with van der Waals surface area (Å²) < 4.78 is 36.3. The molecule has 0 radical (unpaired) electrons. The van der Waals surface area contributed by atoms with Crippen LogP contribution >= 0.6 is 0 Å². The molecule has 0 aliphatic carbocycles. The summed E-state index contributed by atoms with van der Waals surface area (Å²) in [6, 6.07) is 0. The Morgan fingerprint density at radius 3 is 2.17 bits per heavy atom. The minimum absolute atomic E-state index is 0.00905. The fourth-order valence-corrected chi connectivity index (χ4v) is 7.65. The first-order valence-electron chi connectivity index (χ1n) is 6.77. The molecule has 3 fully saturated rings. The van der Waals surface area contributed by atoms with Gasteiger partial charge in [-0.25, -0.2) is 0 Å². The molecule has 104 valence electrons. The second kappa shape index (κ2) is 3.30. The average Bonchev–Trinajstić information content (AvgIpc) is 2.66. The van der Waals surface area contributed by atoms with Crippen LogP contribution in [-0.2, 0) is 19.0 Å². The molecule has 3 saturated heterocycles. The van der Waals surface area contributed by atoms with E-state index < -0.39 is 21.0 Å². The molecule has 4 atom stereocenters. The third-order valence-corrected chi connectivity index (χ3v) is 7.49. The number of hydrogen-bond donors (Lipinski definition) is 0. The van der Waals surface area contributed by atoms with Gasteiger partial charge in [-0.15, -0.1) is 0 Å². The van der Waals surface area contributed by atoms with Crippen LogP contribution in [0.4, 0.5) is 0 Å². The Kier molecular flexibility index (Phi) is 2.36. The van der Waals surface area contributed by atoms with Crippen molar-refractivity contribution >= 4 is 10.1 Å². The maximum Gasteiger partial charge on any atom is 0.274 e. The molecule has 3 heterocycles. The molecule has 0 amide bonds. The molecule has 18 heavy (non-hydrogen) atoms. The number of hydrogen-bond acceptors (Lipinski definition) is 4. The highest BCUT2D eigenvalue weighted by atomic mass is 32.2. The van der Waals surface area contributed by atoms with Gasteiger partial charge in [0.05, 0.1) is 6.10 Å². The molecule has 3 rings (SSSR count). The highest BCUT2D eigenvalue weighted by Crippen LogP contribution is 2.66. The minimum Gasteiger partial charge on any atom is -0.367 e. The van der Waals surface area contributed by atoms with Crippen molar-refractivity contribution in [3.8, 4) is 0 Å². The Morgan fingerprint density at radius 2 is 1.67 bits per heavy atom. The Hall–Kier alpha value is -0.130. The van der Waals surface area contributed by atoms with Crippen LogP contribution in [0.3, 0.4) is 0 Å². The summed E-state index contributed by atoms with van der Waals surface area (Å²) >= 11 is 0. The molecule has 2 bridgehead atoms. The van der Waals surface area contributed by atoms with Gasteiger partial charge in [0.15, 0.2) is 0 Å². The van der Waals surface area contributed by atoms with Crippen molar-refractivity contribution in [3.05, 3.63) is 0 Å². The predicted octanol–water partition coefficient (Wildman–Crippen LogP) is 1.94. The van der Waals surface area contributed by atoms with E-state index in [1.54, 1.807) is 0 Å². The topological polar surface area (TPSA) is 52.6 Å². The van der Waals surface area contributed by atoms with E-state index in [1.807, 2.05) is 6.92 Å². The zero-order valence-corrected chi connectivity index (χ0v) is 12.5. The zero-order valence-electron chi connectivity index (χ0n) is 11.6. The highest BCUT2D eigenvalue weighted by Gasteiger charge is 2.79. The summed E-state index contributed by atoms with van der Waals surface area (Å²) in [6.45, 7) is 10.3. The van der Waals surface area contributed by atoms with Gasteiger partial charge in [0.2, 0.25) is 0 Å². The third-order valence-electron chi connectivity index (χ3n) is 5.54. The largest absolute Gasteiger partial charge is 0.367 e. The zero-order chi connectivity index (χ0) is 13.5. The van der Waals surface area contributed by atoms with Crippen LogP contribution in [-0.4, -0.2) is 31.5 Å². The lowest BCUT2D eigenvalue weighted by Crippen LogP contribution is -2.56. The number of rotatable bonds is 2. The van der Waals surface area contributed by atoms with Crippen molar-refractivity contribution in [2.75, 3.05) is 0 Å². The van der Waals surface area contributed by atoms with E-state index in [9.17, 15) is 8.42 Å². The van der Waals surface area contributed by atoms with Gasteiger partial charge in [-0.1, -0.05) is 27.7 Å². The Morgan fingerprint density at radius 1 is 1.11 bits per heavy atom. The second-order valence-corrected chi connectivity index (χ2v) is 8.44. The van der Waals surface area contributed by atoms with Crippen LogP contribution in [0, 0.1) is 17.3 Å². The first-order valence-corrected chi connectivity index (χ1v) is 8.24. The molecule has 4 nitrogen and oxygen atoms in total. The Bertz CT molecular complexity index is 473. The molecule has 3 aliphatic heterocycles. The van der Waals surface area contributed by atoms with E-state index >= 15 is 0 Å². The van der Waals surface area contributed by atoms with Crippen LogP contribution in [0.5, 0.6) is 0 Å². The normalized spacial score (nSPS) is 47.4. The molecule has 0 aromatic carbocycles. The van der Waals surface area contributed by atoms with Gasteiger partial charge in [-0.05, 0) is 18.8 Å². The van der Waals surface area contributed by atoms with E-state index in [2.05, 4.69) is 27.7 Å². The summed E-state index contributed by atoms with van der Waals surface area (Å²) in [6.07, 6.45) is 0.445. The minimum atomic E-state index is -3.51. The molecule has 0 N–H and O–H groups in total. The smallest absolute Gasteiger partial charge is 0.274 e. The lowest BCUT2D eigenvalue weighted by molar-refractivity contribution is -0.0194. The fraction of sp³-hybridized carbons (Fsp3) is 1.00. The maximum atomic E-state index is 12.4. The lowest BCUT2D eigenvalue weighted by atomic mass is 9.58. The number of ether oxygens (including phenoxy) is 1. The van der Waals surface area contributed by atoms with Crippen LogP contribution in [0.2, 0.25) is 0 Å². The van der Waals surface area contributed by atoms with Gasteiger partial charge in [0, 0.05) is 11.8 Å². The molecule has 3 aliphatic rings. The van der Waals surface area contributed by atoms with E-state index in [1.165, 1.54) is 0 Å². The second-order valence-electron chi connectivity index (χ2n) is 6.79. The van der Waals surface area contributed by atoms with Crippen molar-refractivity contribution in [2.24, 2.45) is 17.3 Å². The van der Waals surface area contributed by atoms with E-state index in [0.717, 1.165) is 0 Å². The average molecular weight is 274 g/mol. The van der Waals surface area contributed by atoms with Crippen LogP contribution in [0.25, 0.3) is 0 Å². The molecule has 0 spiro atoms. The van der Waals surface area contributed by atoms with Crippen LogP contribution in [0.1, 0.15) is 41.0 Å². The fourth-order valence-electron chi connectivity index (χ4n) is 4.97. The number of fused-ring (bicyclic) bond motifs is 1. The summed E-state index contributed by atoms with van der Waals surface area (Å²) in [5.74, 6) is 0.512. The summed E-state index contributed by atoms with van der Waals surface area (Å²) in [7, 11) is -3.51. The Labute approximate surface area is 109 Å². The van der Waals surface area contributed by atoms with Crippen LogP contribution < -0.4 is 0 Å². The van der Waals surface area contributed by atoms with Gasteiger partial charge >= 0.3 is 0 Å². The summed E-state index contributed by atoms with van der Waals surface area (Å²) in [4.78, 5) is 0. The highest BCUT2D eigenvalue weighted by molar-refractivity contribution is 7.87. The first-order chi connectivity index (χ1) is 8.17. The first kappa shape index (κ1) is 12.9. The van der Waals surface area contributed by atoms with E-state index in [4.69, 9.17) is 8.92 Å². The van der Waals surface area contributed by atoms with Crippen molar-refractivity contribution in [3.63, 3.8) is 0 Å². The lowest BCUT2D eigenvalue weighted by Gasteiger charge is -2.46. The van der Waals surface area contributed by atoms with Gasteiger partial charge in [0.25, 0.3) is 10.1 Å². The summed E-state index contributed by atoms with van der Waals surface area (Å²) in [5, 5.41) is -0.513. The molecule has 4 unspecified atom stereocenters. The molecular formula is C13H22O4S. The monoisotopic (exact) mass is 274 g/mol. The molecular weight excluding hydrogens is 252 g/mol. The molecule has 5 heteroatoms. The van der Waals surface area contributed by atoms with Crippen molar-refractivity contribution in [1.29, 1.82) is 0 Å².